The molecule has 7 heteroatoms. The maximum absolute atomic E-state index is 12.1. The van der Waals surface area contributed by atoms with E-state index in [2.05, 4.69) is 22.2 Å². The first kappa shape index (κ1) is 16.2. The standard InChI is InChI=1S/C15H23N5O2/c1-2-3-4-6-16-14(22)13-5-7-17-15(18-13)20-10-8-19(12-21)9-11-20/h5,7,12H,2-4,6,8-11H2,1H3,(H,16,22). The van der Waals surface area contributed by atoms with E-state index in [-0.39, 0.29) is 5.91 Å². The first-order valence-electron chi connectivity index (χ1n) is 7.80. The zero-order valence-corrected chi connectivity index (χ0v) is 13.0. The third-order valence-electron chi connectivity index (χ3n) is 3.69. The van der Waals surface area contributed by atoms with Crippen LogP contribution >= 0.6 is 0 Å². The van der Waals surface area contributed by atoms with Crippen LogP contribution in [-0.2, 0) is 4.79 Å². The molecule has 2 amide bonds. The van der Waals surface area contributed by atoms with E-state index >= 15 is 0 Å². The third kappa shape index (κ3) is 4.41. The highest BCUT2D eigenvalue weighted by atomic mass is 16.2. The maximum Gasteiger partial charge on any atom is 0.270 e. The number of piperazine rings is 1. The molecular formula is C15H23N5O2. The Morgan fingerprint density at radius 1 is 1.32 bits per heavy atom. The number of nitrogens with zero attached hydrogens (tertiary/aromatic N) is 4. The lowest BCUT2D eigenvalue weighted by Gasteiger charge is -2.32. The van der Waals surface area contributed by atoms with Gasteiger partial charge in [0.1, 0.15) is 5.69 Å². The summed E-state index contributed by atoms with van der Waals surface area (Å²) in [5, 5.41) is 2.88. The molecule has 0 spiro atoms. The van der Waals surface area contributed by atoms with E-state index in [1.165, 1.54) is 0 Å². The highest BCUT2D eigenvalue weighted by Gasteiger charge is 2.18. The van der Waals surface area contributed by atoms with Gasteiger partial charge in [-0.1, -0.05) is 19.8 Å². The minimum atomic E-state index is -0.161. The van der Waals surface area contributed by atoms with Crippen LogP contribution in [0.5, 0.6) is 0 Å². The van der Waals surface area contributed by atoms with E-state index in [9.17, 15) is 9.59 Å². The number of carbonyl (C=O) groups excluding carboxylic acids is 2. The zero-order valence-electron chi connectivity index (χ0n) is 13.0. The largest absolute Gasteiger partial charge is 0.351 e. The Balaban J connectivity index is 1.92. The van der Waals surface area contributed by atoms with Gasteiger partial charge in [0.25, 0.3) is 5.91 Å². The third-order valence-corrected chi connectivity index (χ3v) is 3.69. The van der Waals surface area contributed by atoms with Crippen molar-refractivity contribution in [2.45, 2.75) is 26.2 Å². The van der Waals surface area contributed by atoms with Crippen molar-refractivity contribution in [1.82, 2.24) is 20.2 Å². The fourth-order valence-electron chi connectivity index (χ4n) is 2.32. The Morgan fingerprint density at radius 2 is 2.09 bits per heavy atom. The molecule has 1 fully saturated rings. The van der Waals surface area contributed by atoms with Crippen molar-refractivity contribution in [2.75, 3.05) is 37.6 Å². The Kier molecular flexibility index (Phi) is 6.12. The number of amides is 2. The topological polar surface area (TPSA) is 78.4 Å². The lowest BCUT2D eigenvalue weighted by atomic mass is 10.2. The monoisotopic (exact) mass is 305 g/mol. The number of nitrogens with one attached hydrogen (secondary N) is 1. The molecular weight excluding hydrogens is 282 g/mol. The van der Waals surface area contributed by atoms with Gasteiger partial charge in [-0.3, -0.25) is 9.59 Å². The summed E-state index contributed by atoms with van der Waals surface area (Å²) in [6, 6.07) is 1.63. The molecule has 1 aliphatic heterocycles. The molecule has 1 saturated heterocycles. The van der Waals surface area contributed by atoms with Crippen LogP contribution in [0.15, 0.2) is 12.3 Å². The summed E-state index contributed by atoms with van der Waals surface area (Å²) in [6.07, 6.45) is 5.68. The van der Waals surface area contributed by atoms with Gasteiger partial charge in [0.2, 0.25) is 12.4 Å². The molecule has 0 bridgehead atoms. The van der Waals surface area contributed by atoms with Gasteiger partial charge in [-0.15, -0.1) is 0 Å². The van der Waals surface area contributed by atoms with Gasteiger partial charge >= 0.3 is 0 Å². The highest BCUT2D eigenvalue weighted by Crippen LogP contribution is 2.10. The number of unbranched alkanes of at least 4 members (excludes halogenated alkanes) is 2. The summed E-state index contributed by atoms with van der Waals surface area (Å²) < 4.78 is 0. The normalized spacial score (nSPS) is 14.8. The molecule has 0 saturated carbocycles. The maximum atomic E-state index is 12.1. The lowest BCUT2D eigenvalue weighted by molar-refractivity contribution is -0.118. The van der Waals surface area contributed by atoms with Crippen molar-refractivity contribution in [3.05, 3.63) is 18.0 Å². The second kappa shape index (κ2) is 8.31. The van der Waals surface area contributed by atoms with Gasteiger partial charge in [-0.25, -0.2) is 9.97 Å². The molecule has 120 valence electrons. The van der Waals surface area contributed by atoms with Gasteiger partial charge in [0, 0.05) is 38.9 Å². The number of rotatable bonds is 7. The molecule has 0 radical (unpaired) electrons. The summed E-state index contributed by atoms with van der Waals surface area (Å²) >= 11 is 0. The summed E-state index contributed by atoms with van der Waals surface area (Å²) in [5.41, 5.74) is 0.388. The van der Waals surface area contributed by atoms with Crippen LogP contribution in [-0.4, -0.2) is 59.9 Å². The second-order valence-electron chi connectivity index (χ2n) is 5.33. The van der Waals surface area contributed by atoms with Crippen LogP contribution < -0.4 is 10.2 Å². The van der Waals surface area contributed by atoms with Crippen molar-refractivity contribution in [3.63, 3.8) is 0 Å². The lowest BCUT2D eigenvalue weighted by Crippen LogP contribution is -2.46. The number of anilines is 1. The fraction of sp³-hybridized carbons (Fsp3) is 0.600. The average Bonchev–Trinajstić information content (AvgIpc) is 2.59. The Hall–Kier alpha value is -2.18. The van der Waals surface area contributed by atoms with Crippen molar-refractivity contribution in [1.29, 1.82) is 0 Å². The first-order valence-corrected chi connectivity index (χ1v) is 7.80. The van der Waals surface area contributed by atoms with Crippen LogP contribution in [0.1, 0.15) is 36.7 Å². The molecule has 1 N–H and O–H groups in total. The van der Waals surface area contributed by atoms with E-state index < -0.39 is 0 Å². The summed E-state index contributed by atoms with van der Waals surface area (Å²) in [6.45, 7) is 5.47. The highest BCUT2D eigenvalue weighted by molar-refractivity contribution is 5.92. The minimum absolute atomic E-state index is 0.161. The van der Waals surface area contributed by atoms with E-state index in [0.717, 1.165) is 25.7 Å². The Bertz CT molecular complexity index is 500. The molecule has 7 nitrogen and oxygen atoms in total. The van der Waals surface area contributed by atoms with Gasteiger partial charge in [-0.2, -0.15) is 0 Å². The van der Waals surface area contributed by atoms with E-state index in [4.69, 9.17) is 0 Å². The Labute approximate surface area is 130 Å². The van der Waals surface area contributed by atoms with Crippen LogP contribution in [0.25, 0.3) is 0 Å². The predicted molar refractivity (Wildman–Crippen MR) is 83.7 cm³/mol. The molecule has 1 aliphatic rings. The second-order valence-corrected chi connectivity index (χ2v) is 5.33. The van der Waals surface area contributed by atoms with Crippen molar-refractivity contribution in [2.24, 2.45) is 0 Å². The van der Waals surface area contributed by atoms with Crippen molar-refractivity contribution in [3.8, 4) is 0 Å². The van der Waals surface area contributed by atoms with Gasteiger partial charge < -0.3 is 15.1 Å². The van der Waals surface area contributed by atoms with Gasteiger partial charge in [0.05, 0.1) is 0 Å². The molecule has 2 heterocycles. The number of hydrogen-bond acceptors (Lipinski definition) is 5. The summed E-state index contributed by atoms with van der Waals surface area (Å²) in [4.78, 5) is 35.1. The summed E-state index contributed by atoms with van der Waals surface area (Å²) in [7, 11) is 0. The fourth-order valence-corrected chi connectivity index (χ4v) is 2.32. The average molecular weight is 305 g/mol. The predicted octanol–water partition coefficient (Wildman–Crippen LogP) is 0.675. The molecule has 22 heavy (non-hydrogen) atoms. The first-order chi connectivity index (χ1) is 10.7. The van der Waals surface area contributed by atoms with Gasteiger partial charge in [0.15, 0.2) is 0 Å². The molecule has 0 unspecified atom stereocenters. The Morgan fingerprint density at radius 3 is 2.77 bits per heavy atom. The van der Waals surface area contributed by atoms with E-state index in [0.29, 0.717) is 44.4 Å². The molecule has 1 aromatic heterocycles. The molecule has 0 atom stereocenters. The van der Waals surface area contributed by atoms with E-state index in [1.54, 1.807) is 17.2 Å². The smallest absolute Gasteiger partial charge is 0.270 e. The van der Waals surface area contributed by atoms with Crippen LogP contribution in [0, 0.1) is 0 Å². The van der Waals surface area contributed by atoms with Gasteiger partial charge in [-0.05, 0) is 12.5 Å². The molecule has 1 aromatic rings. The van der Waals surface area contributed by atoms with E-state index in [1.807, 2.05) is 4.90 Å². The van der Waals surface area contributed by atoms with Crippen LogP contribution in [0.4, 0.5) is 5.95 Å². The number of aromatic nitrogens is 2. The van der Waals surface area contributed by atoms with Crippen molar-refractivity contribution < 1.29 is 9.59 Å². The molecule has 0 aliphatic carbocycles. The molecule has 2 rings (SSSR count). The van der Waals surface area contributed by atoms with Crippen molar-refractivity contribution >= 4 is 18.3 Å². The number of hydrogen-bond donors (Lipinski definition) is 1. The van der Waals surface area contributed by atoms with Crippen LogP contribution in [0.2, 0.25) is 0 Å². The number of carbonyl (C=O) groups is 2. The summed E-state index contributed by atoms with van der Waals surface area (Å²) in [5.74, 6) is 0.387. The quantitative estimate of drug-likeness (QED) is 0.592. The SMILES string of the molecule is CCCCCNC(=O)c1ccnc(N2CCN(C=O)CC2)n1. The van der Waals surface area contributed by atoms with Crippen LogP contribution in [0.3, 0.4) is 0 Å². The minimum Gasteiger partial charge on any atom is -0.351 e. The zero-order chi connectivity index (χ0) is 15.8. The molecule has 0 aromatic carbocycles.